The fourth-order valence-corrected chi connectivity index (χ4v) is 2.81. The molecule has 0 saturated heterocycles. The number of aliphatic hydroxyl groups is 1. The lowest BCUT2D eigenvalue weighted by atomic mass is 9.99. The molecule has 0 aliphatic heterocycles. The standard InChI is InChI=1S/C20H37N5O7/c1-5-11(4)16(20(31)32)25-19(30)14(9-26)24-18(29)13(8-10(2)3)23-17(28)12(21)6-7-15(22)27/h10-14,16,26H,5-9,21H2,1-4H3,(H2,22,27)(H,23,28)(H,24,29)(H,25,30)(H,31,32). The lowest BCUT2D eigenvalue weighted by Gasteiger charge is -2.26. The second-order valence-electron chi connectivity index (χ2n) is 8.26. The monoisotopic (exact) mass is 459 g/mol. The number of hydrogen-bond donors (Lipinski definition) is 7. The summed E-state index contributed by atoms with van der Waals surface area (Å²) in [5.74, 6) is -4.50. The molecule has 184 valence electrons. The van der Waals surface area contributed by atoms with Crippen LogP contribution in [0.5, 0.6) is 0 Å². The molecule has 0 rings (SSSR count). The molecule has 0 aromatic heterocycles. The summed E-state index contributed by atoms with van der Waals surface area (Å²) in [6, 6.07) is -4.72. The Morgan fingerprint density at radius 1 is 0.906 bits per heavy atom. The Balaban J connectivity index is 5.26. The van der Waals surface area contributed by atoms with Gasteiger partial charge in [0.05, 0.1) is 12.6 Å². The zero-order chi connectivity index (χ0) is 25.0. The summed E-state index contributed by atoms with van der Waals surface area (Å²) in [6.45, 7) is 6.29. The largest absolute Gasteiger partial charge is 0.480 e. The summed E-state index contributed by atoms with van der Waals surface area (Å²) in [6.07, 6.45) is 0.616. The van der Waals surface area contributed by atoms with E-state index in [4.69, 9.17) is 11.5 Å². The SMILES string of the molecule is CCC(C)C(NC(=O)C(CO)NC(=O)C(CC(C)C)NC(=O)C(N)CCC(N)=O)C(=O)O. The number of carboxylic acid groups (broad SMARTS) is 1. The van der Waals surface area contributed by atoms with Gasteiger partial charge in [-0.05, 0) is 24.7 Å². The van der Waals surface area contributed by atoms with E-state index in [0.717, 1.165) is 0 Å². The van der Waals surface area contributed by atoms with E-state index in [1.54, 1.807) is 13.8 Å². The van der Waals surface area contributed by atoms with E-state index < -0.39 is 60.4 Å². The van der Waals surface area contributed by atoms with Crippen molar-refractivity contribution in [2.24, 2.45) is 23.3 Å². The van der Waals surface area contributed by atoms with Gasteiger partial charge in [0, 0.05) is 6.42 Å². The van der Waals surface area contributed by atoms with Crippen LogP contribution in [0.15, 0.2) is 0 Å². The number of aliphatic carboxylic acids is 1. The highest BCUT2D eigenvalue weighted by Gasteiger charge is 2.31. The molecule has 0 aromatic rings. The van der Waals surface area contributed by atoms with E-state index in [-0.39, 0.29) is 31.1 Å². The minimum Gasteiger partial charge on any atom is -0.480 e. The molecule has 12 nitrogen and oxygen atoms in total. The molecule has 0 heterocycles. The fourth-order valence-electron chi connectivity index (χ4n) is 2.81. The van der Waals surface area contributed by atoms with Crippen LogP contribution in [-0.4, -0.2) is 70.6 Å². The molecular formula is C20H37N5O7. The van der Waals surface area contributed by atoms with Crippen molar-refractivity contribution < 1.29 is 34.2 Å². The van der Waals surface area contributed by atoms with Crippen molar-refractivity contribution in [2.75, 3.05) is 6.61 Å². The van der Waals surface area contributed by atoms with Gasteiger partial charge in [-0.15, -0.1) is 0 Å². The number of aliphatic hydroxyl groups excluding tert-OH is 1. The predicted octanol–water partition coefficient (Wildman–Crippen LogP) is -1.80. The van der Waals surface area contributed by atoms with Crippen LogP contribution in [0.3, 0.4) is 0 Å². The lowest BCUT2D eigenvalue weighted by molar-refractivity contribution is -0.144. The molecule has 0 saturated carbocycles. The zero-order valence-electron chi connectivity index (χ0n) is 19.1. The van der Waals surface area contributed by atoms with Crippen LogP contribution >= 0.6 is 0 Å². The van der Waals surface area contributed by atoms with Crippen LogP contribution in [0.25, 0.3) is 0 Å². The number of carbonyl (C=O) groups is 5. The topological polar surface area (TPSA) is 214 Å². The highest BCUT2D eigenvalue weighted by Crippen LogP contribution is 2.09. The molecule has 0 aliphatic carbocycles. The Labute approximate surface area is 187 Å². The molecule has 0 aromatic carbocycles. The normalized spacial score (nSPS) is 15.7. The summed E-state index contributed by atoms with van der Waals surface area (Å²) in [7, 11) is 0. The first-order valence-electron chi connectivity index (χ1n) is 10.6. The fraction of sp³-hybridized carbons (Fsp3) is 0.750. The molecular weight excluding hydrogens is 422 g/mol. The third-order valence-electron chi connectivity index (χ3n) is 4.97. The Hall–Kier alpha value is -2.73. The first-order chi connectivity index (χ1) is 14.8. The molecule has 32 heavy (non-hydrogen) atoms. The van der Waals surface area contributed by atoms with Crippen LogP contribution in [0.4, 0.5) is 0 Å². The molecule has 0 radical (unpaired) electrons. The van der Waals surface area contributed by atoms with Crippen LogP contribution in [0.1, 0.15) is 53.4 Å². The Morgan fingerprint density at radius 2 is 1.44 bits per heavy atom. The van der Waals surface area contributed by atoms with Crippen molar-refractivity contribution in [1.29, 1.82) is 0 Å². The number of nitrogens with two attached hydrogens (primary N) is 2. The van der Waals surface area contributed by atoms with Crippen molar-refractivity contribution in [1.82, 2.24) is 16.0 Å². The summed E-state index contributed by atoms with van der Waals surface area (Å²) in [5.41, 5.74) is 10.8. The molecule has 9 N–H and O–H groups in total. The summed E-state index contributed by atoms with van der Waals surface area (Å²) < 4.78 is 0. The first-order valence-corrected chi connectivity index (χ1v) is 10.6. The maximum Gasteiger partial charge on any atom is 0.326 e. The summed E-state index contributed by atoms with van der Waals surface area (Å²) in [5, 5.41) is 26.1. The number of carbonyl (C=O) groups excluding carboxylic acids is 4. The van der Waals surface area contributed by atoms with Crippen molar-refractivity contribution in [3.63, 3.8) is 0 Å². The number of carboxylic acids is 1. The minimum absolute atomic E-state index is 0.00500. The smallest absolute Gasteiger partial charge is 0.326 e. The second-order valence-corrected chi connectivity index (χ2v) is 8.26. The van der Waals surface area contributed by atoms with Crippen molar-refractivity contribution in [3.8, 4) is 0 Å². The molecule has 0 aliphatic rings. The van der Waals surface area contributed by atoms with Crippen LogP contribution in [0.2, 0.25) is 0 Å². The van der Waals surface area contributed by atoms with Gasteiger partial charge in [-0.25, -0.2) is 4.79 Å². The van der Waals surface area contributed by atoms with Crippen LogP contribution < -0.4 is 27.4 Å². The summed E-state index contributed by atoms with van der Waals surface area (Å²) >= 11 is 0. The van der Waals surface area contributed by atoms with Crippen LogP contribution in [0, 0.1) is 11.8 Å². The van der Waals surface area contributed by atoms with E-state index in [9.17, 15) is 34.2 Å². The molecule has 0 spiro atoms. The Kier molecular flexibility index (Phi) is 13.1. The molecule has 0 fully saturated rings. The van der Waals surface area contributed by atoms with Gasteiger partial charge in [0.15, 0.2) is 0 Å². The van der Waals surface area contributed by atoms with Crippen LogP contribution in [-0.2, 0) is 24.0 Å². The van der Waals surface area contributed by atoms with E-state index in [1.807, 2.05) is 13.8 Å². The third kappa shape index (κ3) is 10.5. The van der Waals surface area contributed by atoms with Gasteiger partial charge >= 0.3 is 5.97 Å². The highest BCUT2D eigenvalue weighted by molar-refractivity contribution is 5.94. The molecule has 5 unspecified atom stereocenters. The predicted molar refractivity (Wildman–Crippen MR) is 116 cm³/mol. The van der Waals surface area contributed by atoms with Crippen molar-refractivity contribution in [2.45, 2.75) is 77.5 Å². The van der Waals surface area contributed by atoms with Gasteiger partial charge in [-0.1, -0.05) is 34.1 Å². The van der Waals surface area contributed by atoms with Crippen molar-refractivity contribution in [3.05, 3.63) is 0 Å². The Morgan fingerprint density at radius 3 is 1.88 bits per heavy atom. The maximum atomic E-state index is 12.7. The van der Waals surface area contributed by atoms with Gasteiger partial charge in [-0.2, -0.15) is 0 Å². The van der Waals surface area contributed by atoms with Crippen molar-refractivity contribution >= 4 is 29.6 Å². The highest BCUT2D eigenvalue weighted by atomic mass is 16.4. The van der Waals surface area contributed by atoms with E-state index in [1.165, 1.54) is 0 Å². The lowest BCUT2D eigenvalue weighted by Crippen LogP contribution is -2.58. The number of primary amides is 1. The first kappa shape index (κ1) is 29.3. The minimum atomic E-state index is -1.41. The second kappa shape index (κ2) is 14.4. The number of nitrogens with one attached hydrogen (secondary N) is 3. The van der Waals surface area contributed by atoms with Gasteiger partial charge in [0.2, 0.25) is 23.6 Å². The quantitative estimate of drug-likeness (QED) is 0.148. The number of amides is 4. The zero-order valence-corrected chi connectivity index (χ0v) is 19.1. The third-order valence-corrected chi connectivity index (χ3v) is 4.97. The van der Waals surface area contributed by atoms with Gasteiger partial charge in [0.25, 0.3) is 0 Å². The van der Waals surface area contributed by atoms with E-state index in [0.29, 0.717) is 6.42 Å². The molecule has 5 atom stereocenters. The molecule has 0 bridgehead atoms. The van der Waals surface area contributed by atoms with E-state index in [2.05, 4.69) is 16.0 Å². The van der Waals surface area contributed by atoms with Gasteiger partial charge < -0.3 is 37.6 Å². The van der Waals surface area contributed by atoms with Gasteiger partial charge in [-0.3, -0.25) is 19.2 Å². The number of hydrogen-bond acceptors (Lipinski definition) is 7. The Bertz CT molecular complexity index is 671. The molecule has 4 amide bonds. The maximum absolute atomic E-state index is 12.7. The summed E-state index contributed by atoms with van der Waals surface area (Å²) in [4.78, 5) is 59.8. The van der Waals surface area contributed by atoms with Gasteiger partial charge in [0.1, 0.15) is 18.1 Å². The average Bonchev–Trinajstić information content (AvgIpc) is 2.71. The average molecular weight is 460 g/mol. The molecule has 12 heteroatoms. The number of rotatable bonds is 15. The van der Waals surface area contributed by atoms with E-state index >= 15 is 0 Å².